The Morgan fingerprint density at radius 3 is 2.55 bits per heavy atom. The lowest BCUT2D eigenvalue weighted by molar-refractivity contribution is 0.649. The van der Waals surface area contributed by atoms with Crippen LogP contribution in [-0.2, 0) is 0 Å². The van der Waals surface area contributed by atoms with Gasteiger partial charge < -0.3 is 5.73 Å². The molecular weight excluding hydrogens is 134 g/mol. The van der Waals surface area contributed by atoms with Crippen LogP contribution in [0.15, 0.2) is 37.0 Å². The Morgan fingerprint density at radius 2 is 2.18 bits per heavy atom. The second-order valence-corrected chi connectivity index (χ2v) is 2.55. The molecule has 0 aliphatic carbocycles. The number of rotatable bonds is 5. The van der Waals surface area contributed by atoms with Crippen LogP contribution in [0.1, 0.15) is 19.8 Å². The highest BCUT2D eigenvalue weighted by Gasteiger charge is 1.99. The smallest absolute Gasteiger partial charge is 0.00766 e. The molecule has 0 aromatic rings. The summed E-state index contributed by atoms with van der Waals surface area (Å²) in [6.45, 7) is 9.39. The fourth-order valence-electron chi connectivity index (χ4n) is 0.818. The molecular formula is C10H17N. The number of allylic oxidation sites excluding steroid dienone is 3. The fraction of sp³-hybridized carbons (Fsp3) is 0.400. The molecule has 0 amide bonds. The third-order valence-electron chi connectivity index (χ3n) is 1.62. The van der Waals surface area contributed by atoms with E-state index in [-0.39, 0.29) is 6.04 Å². The summed E-state index contributed by atoms with van der Waals surface area (Å²) in [5.41, 5.74) is 6.92. The molecule has 1 nitrogen and oxygen atoms in total. The van der Waals surface area contributed by atoms with E-state index in [9.17, 15) is 0 Å². The molecule has 0 rings (SSSR count). The van der Waals surface area contributed by atoms with Crippen LogP contribution in [-0.4, -0.2) is 6.04 Å². The van der Waals surface area contributed by atoms with Crippen LogP contribution >= 0.6 is 0 Å². The third-order valence-corrected chi connectivity index (χ3v) is 1.62. The average molecular weight is 151 g/mol. The van der Waals surface area contributed by atoms with Crippen molar-refractivity contribution >= 4 is 0 Å². The third kappa shape index (κ3) is 4.57. The minimum atomic E-state index is 0.249. The van der Waals surface area contributed by atoms with Crippen molar-refractivity contribution < 1.29 is 0 Å². The molecule has 1 heteroatoms. The molecule has 0 aromatic carbocycles. The zero-order valence-electron chi connectivity index (χ0n) is 7.22. The Kier molecular flexibility index (Phi) is 5.49. The largest absolute Gasteiger partial charge is 0.327 e. The van der Waals surface area contributed by atoms with Crippen LogP contribution in [0, 0.1) is 0 Å². The number of nitrogens with two attached hydrogens (primary N) is 1. The standard InChI is InChI=1S/C10H17N/c1-4-7-9(5-2)8-10(11)6-3/h4-5,7,10H,1-2,6,8,11H2,3H3/b9-7+/t10-/m0/s1. The second kappa shape index (κ2) is 5.93. The van der Waals surface area contributed by atoms with E-state index in [4.69, 9.17) is 5.73 Å². The first-order valence-electron chi connectivity index (χ1n) is 3.94. The van der Waals surface area contributed by atoms with E-state index in [1.807, 2.05) is 12.2 Å². The molecule has 0 unspecified atom stereocenters. The van der Waals surface area contributed by atoms with Crippen molar-refractivity contribution in [1.82, 2.24) is 0 Å². The minimum absolute atomic E-state index is 0.249. The monoisotopic (exact) mass is 151 g/mol. The van der Waals surface area contributed by atoms with Crippen molar-refractivity contribution in [2.75, 3.05) is 0 Å². The Balaban J connectivity index is 3.97. The quantitative estimate of drug-likeness (QED) is 0.600. The predicted octanol–water partition coefficient (Wildman–Crippen LogP) is 2.41. The Hall–Kier alpha value is -0.820. The van der Waals surface area contributed by atoms with E-state index in [0.717, 1.165) is 18.4 Å². The van der Waals surface area contributed by atoms with E-state index in [1.165, 1.54) is 0 Å². The molecule has 0 saturated heterocycles. The molecule has 1 atom stereocenters. The summed E-state index contributed by atoms with van der Waals surface area (Å²) < 4.78 is 0. The summed E-state index contributed by atoms with van der Waals surface area (Å²) >= 11 is 0. The summed E-state index contributed by atoms with van der Waals surface area (Å²) in [5, 5.41) is 0. The normalized spacial score (nSPS) is 14.2. The Labute approximate surface area is 69.3 Å². The van der Waals surface area contributed by atoms with Gasteiger partial charge in [0, 0.05) is 6.04 Å². The molecule has 0 fully saturated rings. The summed E-state index contributed by atoms with van der Waals surface area (Å²) in [6, 6.07) is 0.249. The summed E-state index contributed by atoms with van der Waals surface area (Å²) in [6.07, 6.45) is 7.44. The van der Waals surface area contributed by atoms with E-state index >= 15 is 0 Å². The van der Waals surface area contributed by atoms with Gasteiger partial charge in [0.25, 0.3) is 0 Å². The Bertz CT molecular complexity index is 156. The zero-order chi connectivity index (χ0) is 8.69. The van der Waals surface area contributed by atoms with E-state index in [2.05, 4.69) is 20.1 Å². The van der Waals surface area contributed by atoms with Gasteiger partial charge in [0.1, 0.15) is 0 Å². The van der Waals surface area contributed by atoms with Gasteiger partial charge >= 0.3 is 0 Å². The number of hydrogen-bond donors (Lipinski definition) is 1. The molecule has 0 radical (unpaired) electrons. The molecule has 0 saturated carbocycles. The highest BCUT2D eigenvalue weighted by Crippen LogP contribution is 2.07. The van der Waals surface area contributed by atoms with Crippen LogP contribution in [0.3, 0.4) is 0 Å². The first-order valence-corrected chi connectivity index (χ1v) is 3.94. The van der Waals surface area contributed by atoms with Crippen molar-refractivity contribution in [3.05, 3.63) is 37.0 Å². The van der Waals surface area contributed by atoms with E-state index < -0.39 is 0 Å². The topological polar surface area (TPSA) is 26.0 Å². The maximum absolute atomic E-state index is 5.76. The van der Waals surface area contributed by atoms with Crippen molar-refractivity contribution in [1.29, 1.82) is 0 Å². The van der Waals surface area contributed by atoms with Gasteiger partial charge in [0.2, 0.25) is 0 Å². The van der Waals surface area contributed by atoms with Crippen LogP contribution < -0.4 is 5.73 Å². The van der Waals surface area contributed by atoms with Crippen LogP contribution in [0.25, 0.3) is 0 Å². The van der Waals surface area contributed by atoms with Gasteiger partial charge in [0.05, 0.1) is 0 Å². The van der Waals surface area contributed by atoms with Gasteiger partial charge in [-0.3, -0.25) is 0 Å². The lowest BCUT2D eigenvalue weighted by atomic mass is 10.0. The van der Waals surface area contributed by atoms with Crippen molar-refractivity contribution in [3.63, 3.8) is 0 Å². The van der Waals surface area contributed by atoms with Gasteiger partial charge in [0.15, 0.2) is 0 Å². The lowest BCUT2D eigenvalue weighted by Gasteiger charge is -2.07. The molecule has 62 valence electrons. The van der Waals surface area contributed by atoms with Gasteiger partial charge in [-0.1, -0.05) is 38.3 Å². The van der Waals surface area contributed by atoms with Crippen LogP contribution in [0.4, 0.5) is 0 Å². The molecule has 11 heavy (non-hydrogen) atoms. The maximum atomic E-state index is 5.76. The number of hydrogen-bond acceptors (Lipinski definition) is 1. The molecule has 0 aromatic heterocycles. The minimum Gasteiger partial charge on any atom is -0.327 e. The lowest BCUT2D eigenvalue weighted by Crippen LogP contribution is -2.18. The van der Waals surface area contributed by atoms with Crippen molar-refractivity contribution in [2.24, 2.45) is 5.73 Å². The first-order chi connectivity index (χ1) is 5.24. The highest BCUT2D eigenvalue weighted by molar-refractivity contribution is 5.21. The molecule has 0 aliphatic heterocycles. The molecule has 0 aliphatic rings. The zero-order valence-corrected chi connectivity index (χ0v) is 7.22. The van der Waals surface area contributed by atoms with Gasteiger partial charge in [-0.15, -0.1) is 0 Å². The van der Waals surface area contributed by atoms with Crippen molar-refractivity contribution in [3.8, 4) is 0 Å². The van der Waals surface area contributed by atoms with Gasteiger partial charge in [-0.2, -0.15) is 0 Å². The molecule has 0 bridgehead atoms. The highest BCUT2D eigenvalue weighted by atomic mass is 14.6. The first kappa shape index (κ1) is 10.2. The second-order valence-electron chi connectivity index (χ2n) is 2.55. The van der Waals surface area contributed by atoms with E-state index in [1.54, 1.807) is 6.08 Å². The molecule has 0 spiro atoms. The average Bonchev–Trinajstić information content (AvgIpc) is 2.03. The SMILES string of the molecule is C=C/C=C(\C=C)C[C@@H](N)CC. The maximum Gasteiger partial charge on any atom is 0.00766 e. The summed E-state index contributed by atoms with van der Waals surface area (Å²) in [5.74, 6) is 0. The van der Waals surface area contributed by atoms with E-state index in [0.29, 0.717) is 0 Å². The van der Waals surface area contributed by atoms with Gasteiger partial charge in [-0.05, 0) is 18.4 Å². The van der Waals surface area contributed by atoms with Crippen molar-refractivity contribution in [2.45, 2.75) is 25.8 Å². The fourth-order valence-corrected chi connectivity index (χ4v) is 0.818. The van der Waals surface area contributed by atoms with Gasteiger partial charge in [-0.25, -0.2) is 0 Å². The van der Waals surface area contributed by atoms with Crippen LogP contribution in [0.5, 0.6) is 0 Å². The molecule has 2 N–H and O–H groups in total. The predicted molar refractivity (Wildman–Crippen MR) is 51.4 cm³/mol. The van der Waals surface area contributed by atoms with Crippen LogP contribution in [0.2, 0.25) is 0 Å². The summed E-state index contributed by atoms with van der Waals surface area (Å²) in [7, 11) is 0. The summed E-state index contributed by atoms with van der Waals surface area (Å²) in [4.78, 5) is 0. The Morgan fingerprint density at radius 1 is 1.55 bits per heavy atom. The molecule has 0 heterocycles.